The summed E-state index contributed by atoms with van der Waals surface area (Å²) in [5.74, 6) is 0.0525. The largest absolute Gasteiger partial charge is 0.493 e. The molecule has 1 aliphatic heterocycles. The SMILES string of the molecule is COc1cc(/C=C2\SC(=S)N(CCCC(=O)O)C2=O)cc(Br)c1OC(C)C. The number of rotatable bonds is 8. The predicted octanol–water partition coefficient (Wildman–Crippen LogP) is 4.31. The van der Waals surface area contributed by atoms with Gasteiger partial charge < -0.3 is 14.6 Å². The molecule has 0 unspecified atom stereocenters. The fourth-order valence-electron chi connectivity index (χ4n) is 2.41. The van der Waals surface area contributed by atoms with E-state index in [1.165, 1.54) is 16.7 Å². The first-order valence-electron chi connectivity index (χ1n) is 8.24. The summed E-state index contributed by atoms with van der Waals surface area (Å²) in [4.78, 5) is 25.2. The number of carbonyl (C=O) groups is 2. The summed E-state index contributed by atoms with van der Waals surface area (Å²) in [6.07, 6.45) is 2.08. The van der Waals surface area contributed by atoms with Crippen LogP contribution in [-0.2, 0) is 9.59 Å². The van der Waals surface area contributed by atoms with Crippen LogP contribution in [0.5, 0.6) is 11.5 Å². The first-order valence-corrected chi connectivity index (χ1v) is 10.3. The molecule has 0 saturated carbocycles. The van der Waals surface area contributed by atoms with Gasteiger partial charge in [0.05, 0.1) is 22.6 Å². The number of aliphatic carboxylic acids is 1. The molecule has 1 saturated heterocycles. The maximum atomic E-state index is 12.6. The maximum absolute atomic E-state index is 12.6. The molecule has 1 aliphatic rings. The van der Waals surface area contributed by atoms with Gasteiger partial charge >= 0.3 is 5.97 Å². The molecule has 1 heterocycles. The van der Waals surface area contributed by atoms with Gasteiger partial charge in [0.15, 0.2) is 11.5 Å². The highest BCUT2D eigenvalue weighted by Gasteiger charge is 2.31. The molecule has 2 rings (SSSR count). The molecule has 1 N–H and O–H groups in total. The quantitative estimate of drug-likeness (QED) is 0.445. The van der Waals surface area contributed by atoms with Crippen LogP contribution in [0, 0.1) is 0 Å². The second-order valence-electron chi connectivity index (χ2n) is 6.03. The second-order valence-corrected chi connectivity index (χ2v) is 8.56. The lowest BCUT2D eigenvalue weighted by Crippen LogP contribution is -2.29. The molecule has 0 radical (unpaired) electrons. The highest BCUT2D eigenvalue weighted by molar-refractivity contribution is 9.10. The minimum absolute atomic E-state index is 0.00241. The topological polar surface area (TPSA) is 76.1 Å². The molecule has 0 atom stereocenters. The molecule has 6 nitrogen and oxygen atoms in total. The van der Waals surface area contributed by atoms with Crippen molar-refractivity contribution in [1.29, 1.82) is 0 Å². The molecule has 1 aromatic rings. The van der Waals surface area contributed by atoms with Gasteiger partial charge in [-0.25, -0.2) is 0 Å². The van der Waals surface area contributed by atoms with E-state index >= 15 is 0 Å². The standard InChI is InChI=1S/C18H20BrNO5S2/c1-10(2)25-16-12(19)7-11(8-13(16)24-3)9-14-17(23)20(18(26)27-14)6-4-5-15(21)22/h7-10H,4-6H2,1-3H3,(H,21,22)/b14-9-. The number of carboxylic acid groups (broad SMARTS) is 1. The van der Waals surface area contributed by atoms with Crippen LogP contribution in [0.4, 0.5) is 0 Å². The zero-order valence-corrected chi connectivity index (χ0v) is 18.4. The van der Waals surface area contributed by atoms with Gasteiger partial charge in [0.2, 0.25) is 0 Å². The van der Waals surface area contributed by atoms with Crippen molar-refractivity contribution in [3.63, 3.8) is 0 Å². The van der Waals surface area contributed by atoms with Crippen molar-refractivity contribution in [3.8, 4) is 11.5 Å². The number of hydrogen-bond acceptors (Lipinski definition) is 6. The van der Waals surface area contributed by atoms with E-state index in [9.17, 15) is 9.59 Å². The number of thioether (sulfide) groups is 1. The van der Waals surface area contributed by atoms with Gasteiger partial charge in [0, 0.05) is 13.0 Å². The minimum Gasteiger partial charge on any atom is -0.493 e. The van der Waals surface area contributed by atoms with Crippen LogP contribution in [-0.4, -0.2) is 46.0 Å². The molecule has 146 valence electrons. The average Bonchev–Trinajstić information content (AvgIpc) is 2.83. The summed E-state index contributed by atoms with van der Waals surface area (Å²) in [5, 5.41) is 8.74. The molecule has 1 amide bonds. The van der Waals surface area contributed by atoms with Gasteiger partial charge in [-0.2, -0.15) is 0 Å². The van der Waals surface area contributed by atoms with Crippen LogP contribution in [0.25, 0.3) is 6.08 Å². The van der Waals surface area contributed by atoms with Gasteiger partial charge in [0.25, 0.3) is 5.91 Å². The Labute approximate surface area is 176 Å². The van der Waals surface area contributed by atoms with E-state index in [2.05, 4.69) is 15.9 Å². The number of hydrogen-bond donors (Lipinski definition) is 1. The van der Waals surface area contributed by atoms with Crippen molar-refractivity contribution < 1.29 is 24.2 Å². The van der Waals surface area contributed by atoms with Crippen molar-refractivity contribution >= 4 is 62.2 Å². The zero-order valence-electron chi connectivity index (χ0n) is 15.2. The van der Waals surface area contributed by atoms with Crippen LogP contribution >= 0.6 is 39.9 Å². The van der Waals surface area contributed by atoms with Gasteiger partial charge in [0.1, 0.15) is 4.32 Å². The lowest BCUT2D eigenvalue weighted by Gasteiger charge is -2.16. The lowest BCUT2D eigenvalue weighted by atomic mass is 10.1. The van der Waals surface area contributed by atoms with E-state index in [0.29, 0.717) is 33.7 Å². The van der Waals surface area contributed by atoms with Crippen LogP contribution in [0.1, 0.15) is 32.3 Å². The number of carboxylic acids is 1. The number of halogens is 1. The maximum Gasteiger partial charge on any atom is 0.303 e. The zero-order chi connectivity index (χ0) is 20.1. The number of benzene rings is 1. The first kappa shape index (κ1) is 21.7. The summed E-state index contributed by atoms with van der Waals surface area (Å²) in [7, 11) is 1.56. The summed E-state index contributed by atoms with van der Waals surface area (Å²) in [6, 6.07) is 3.64. The van der Waals surface area contributed by atoms with E-state index in [4.69, 9.17) is 26.8 Å². The number of carbonyl (C=O) groups excluding carboxylic acids is 1. The van der Waals surface area contributed by atoms with Crippen molar-refractivity contribution in [2.75, 3.05) is 13.7 Å². The lowest BCUT2D eigenvalue weighted by molar-refractivity contribution is -0.137. The minimum atomic E-state index is -0.892. The monoisotopic (exact) mass is 473 g/mol. The molecule has 1 aromatic carbocycles. The Bertz CT molecular complexity index is 794. The number of thiocarbonyl (C=S) groups is 1. The summed E-state index contributed by atoms with van der Waals surface area (Å²) in [6.45, 7) is 4.15. The van der Waals surface area contributed by atoms with Crippen molar-refractivity contribution in [2.45, 2.75) is 32.8 Å². The van der Waals surface area contributed by atoms with Crippen molar-refractivity contribution in [2.24, 2.45) is 0 Å². The highest BCUT2D eigenvalue weighted by Crippen LogP contribution is 2.39. The highest BCUT2D eigenvalue weighted by atomic mass is 79.9. The molecule has 0 bridgehead atoms. The van der Waals surface area contributed by atoms with Crippen LogP contribution in [0.15, 0.2) is 21.5 Å². The Morgan fingerprint density at radius 1 is 1.44 bits per heavy atom. The predicted molar refractivity (Wildman–Crippen MR) is 113 cm³/mol. The van der Waals surface area contributed by atoms with Gasteiger partial charge in [-0.3, -0.25) is 14.5 Å². The molecular formula is C18H20BrNO5S2. The molecule has 0 aromatic heterocycles. The van der Waals surface area contributed by atoms with Crippen LogP contribution in [0.3, 0.4) is 0 Å². The Kier molecular flexibility index (Phi) is 7.69. The third-order valence-electron chi connectivity index (χ3n) is 3.55. The van der Waals surface area contributed by atoms with E-state index in [1.54, 1.807) is 19.3 Å². The molecule has 1 fully saturated rings. The number of ether oxygens (including phenoxy) is 2. The Hall–Kier alpha value is -1.58. The summed E-state index contributed by atoms with van der Waals surface area (Å²) < 4.78 is 12.3. The van der Waals surface area contributed by atoms with Crippen molar-refractivity contribution in [1.82, 2.24) is 4.90 Å². The summed E-state index contributed by atoms with van der Waals surface area (Å²) >= 11 is 9.95. The van der Waals surface area contributed by atoms with Crippen molar-refractivity contribution in [3.05, 3.63) is 27.1 Å². The number of methoxy groups -OCH3 is 1. The van der Waals surface area contributed by atoms with E-state index < -0.39 is 5.97 Å². The Morgan fingerprint density at radius 2 is 2.15 bits per heavy atom. The second kappa shape index (κ2) is 9.57. The fourth-order valence-corrected chi connectivity index (χ4v) is 4.27. The van der Waals surface area contributed by atoms with Gasteiger partial charge in [-0.1, -0.05) is 24.0 Å². The Morgan fingerprint density at radius 3 is 2.74 bits per heavy atom. The van der Waals surface area contributed by atoms with Crippen LogP contribution < -0.4 is 9.47 Å². The molecular weight excluding hydrogens is 454 g/mol. The third kappa shape index (κ3) is 5.70. The fraction of sp³-hybridized carbons (Fsp3) is 0.389. The molecule has 0 spiro atoms. The number of amides is 1. The van der Waals surface area contributed by atoms with E-state index in [0.717, 1.165) is 10.0 Å². The third-order valence-corrected chi connectivity index (χ3v) is 5.52. The Balaban J connectivity index is 2.23. The molecule has 27 heavy (non-hydrogen) atoms. The van der Waals surface area contributed by atoms with Gasteiger partial charge in [-0.05, 0) is 60.0 Å². The smallest absolute Gasteiger partial charge is 0.303 e. The van der Waals surface area contributed by atoms with E-state index in [1.807, 2.05) is 19.9 Å². The van der Waals surface area contributed by atoms with Gasteiger partial charge in [-0.15, -0.1) is 0 Å². The van der Waals surface area contributed by atoms with E-state index in [-0.39, 0.29) is 18.4 Å². The number of nitrogens with zero attached hydrogens (tertiary/aromatic N) is 1. The summed E-state index contributed by atoms with van der Waals surface area (Å²) in [5.41, 5.74) is 0.765. The molecule has 0 aliphatic carbocycles. The first-order chi connectivity index (χ1) is 12.7. The normalized spacial score (nSPS) is 15.7. The van der Waals surface area contributed by atoms with Crippen LogP contribution in [0.2, 0.25) is 0 Å². The molecule has 9 heteroatoms. The average molecular weight is 474 g/mol.